The van der Waals surface area contributed by atoms with Gasteiger partial charge in [-0.3, -0.25) is 0 Å². The van der Waals surface area contributed by atoms with Crippen molar-refractivity contribution in [1.29, 1.82) is 0 Å². The Hall–Kier alpha value is -1.08. The van der Waals surface area contributed by atoms with Crippen LogP contribution in [-0.2, 0) is 0 Å². The van der Waals surface area contributed by atoms with E-state index >= 15 is 0 Å². The third-order valence-corrected chi connectivity index (χ3v) is 2.20. The van der Waals surface area contributed by atoms with E-state index in [-0.39, 0.29) is 18.6 Å². The molecule has 6 nitrogen and oxygen atoms in total. The predicted molar refractivity (Wildman–Crippen MR) is 57.8 cm³/mol. The molecule has 84 valence electrons. The largest absolute Gasteiger partial charge is 0.463 e. The van der Waals surface area contributed by atoms with Crippen LogP contribution in [0, 0.1) is 0 Å². The number of aromatic nitrogens is 3. The summed E-state index contributed by atoms with van der Waals surface area (Å²) in [5.41, 5.74) is 5.48. The van der Waals surface area contributed by atoms with E-state index in [9.17, 15) is 0 Å². The van der Waals surface area contributed by atoms with E-state index < -0.39 is 0 Å². The standard InChI is InChI=1S/C8H14N4O2S/c1-2-4-14-7-10-6(9)11-8(12-7)15-5-3-13/h13H,2-5H2,1H3,(H2,9,10,11,12). The van der Waals surface area contributed by atoms with Crippen molar-refractivity contribution in [2.45, 2.75) is 18.5 Å². The lowest BCUT2D eigenvalue weighted by molar-refractivity contribution is 0.288. The van der Waals surface area contributed by atoms with Gasteiger partial charge in [-0.05, 0) is 6.42 Å². The van der Waals surface area contributed by atoms with E-state index in [2.05, 4.69) is 15.0 Å². The summed E-state index contributed by atoms with van der Waals surface area (Å²) in [5, 5.41) is 9.13. The van der Waals surface area contributed by atoms with Gasteiger partial charge in [-0.1, -0.05) is 18.7 Å². The SMILES string of the molecule is CCCOc1nc(N)nc(SCCO)n1. The number of thioether (sulfide) groups is 1. The Morgan fingerprint density at radius 2 is 2.20 bits per heavy atom. The lowest BCUT2D eigenvalue weighted by atomic mass is 10.5. The van der Waals surface area contributed by atoms with E-state index in [4.69, 9.17) is 15.6 Å². The molecule has 0 aromatic carbocycles. The molecule has 0 fully saturated rings. The molecule has 0 radical (unpaired) electrons. The van der Waals surface area contributed by atoms with Crippen molar-refractivity contribution in [1.82, 2.24) is 15.0 Å². The van der Waals surface area contributed by atoms with Gasteiger partial charge in [-0.15, -0.1) is 0 Å². The summed E-state index contributed by atoms with van der Waals surface area (Å²) >= 11 is 1.31. The number of rotatable bonds is 6. The molecule has 1 heterocycles. The summed E-state index contributed by atoms with van der Waals surface area (Å²) in [6, 6.07) is 0.241. The fourth-order valence-corrected chi connectivity index (χ4v) is 1.39. The molecule has 0 spiro atoms. The van der Waals surface area contributed by atoms with Crippen molar-refractivity contribution >= 4 is 17.7 Å². The van der Waals surface area contributed by atoms with E-state index in [0.29, 0.717) is 17.5 Å². The van der Waals surface area contributed by atoms with Gasteiger partial charge in [0.05, 0.1) is 13.2 Å². The molecule has 0 aliphatic rings. The van der Waals surface area contributed by atoms with Crippen molar-refractivity contribution < 1.29 is 9.84 Å². The van der Waals surface area contributed by atoms with Crippen LogP contribution in [0.4, 0.5) is 5.95 Å². The fraction of sp³-hybridized carbons (Fsp3) is 0.625. The second kappa shape index (κ2) is 6.41. The molecular formula is C8H14N4O2S. The predicted octanol–water partition coefficient (Wildman–Crippen LogP) is 0.327. The Bertz CT molecular complexity index is 284. The van der Waals surface area contributed by atoms with E-state index in [1.807, 2.05) is 6.92 Å². The molecule has 7 heteroatoms. The van der Waals surface area contributed by atoms with Crippen LogP contribution in [0.5, 0.6) is 6.01 Å². The molecule has 0 atom stereocenters. The van der Waals surface area contributed by atoms with Crippen LogP contribution in [0.1, 0.15) is 13.3 Å². The van der Waals surface area contributed by atoms with Crippen molar-refractivity contribution in [3.8, 4) is 6.01 Å². The van der Waals surface area contributed by atoms with Crippen molar-refractivity contribution in [2.75, 3.05) is 24.7 Å². The highest BCUT2D eigenvalue weighted by Crippen LogP contribution is 2.15. The number of nitrogens with two attached hydrogens (primary N) is 1. The van der Waals surface area contributed by atoms with Gasteiger partial charge >= 0.3 is 6.01 Å². The molecule has 0 aliphatic heterocycles. The van der Waals surface area contributed by atoms with Gasteiger partial charge in [0.15, 0.2) is 5.16 Å². The summed E-state index contributed by atoms with van der Waals surface area (Å²) in [7, 11) is 0. The Balaban J connectivity index is 2.66. The summed E-state index contributed by atoms with van der Waals surface area (Å²) in [4.78, 5) is 11.8. The van der Waals surface area contributed by atoms with Crippen LogP contribution in [0.3, 0.4) is 0 Å². The Morgan fingerprint density at radius 3 is 2.87 bits per heavy atom. The quantitative estimate of drug-likeness (QED) is 0.680. The lowest BCUT2D eigenvalue weighted by Gasteiger charge is -2.04. The molecule has 0 amide bonds. The van der Waals surface area contributed by atoms with E-state index in [1.165, 1.54) is 11.8 Å². The summed E-state index contributed by atoms with van der Waals surface area (Å²) in [5.74, 6) is 0.660. The second-order valence-electron chi connectivity index (χ2n) is 2.68. The molecular weight excluding hydrogens is 216 g/mol. The van der Waals surface area contributed by atoms with Crippen LogP contribution in [-0.4, -0.2) is 39.0 Å². The Labute approximate surface area is 92.3 Å². The lowest BCUT2D eigenvalue weighted by Crippen LogP contribution is -2.05. The maximum atomic E-state index is 8.65. The van der Waals surface area contributed by atoms with Crippen LogP contribution in [0.15, 0.2) is 5.16 Å². The highest BCUT2D eigenvalue weighted by Gasteiger charge is 2.05. The molecule has 0 aliphatic carbocycles. The third-order valence-electron chi connectivity index (χ3n) is 1.37. The zero-order chi connectivity index (χ0) is 11.1. The van der Waals surface area contributed by atoms with Crippen molar-refractivity contribution in [3.05, 3.63) is 0 Å². The maximum Gasteiger partial charge on any atom is 0.322 e. The Morgan fingerprint density at radius 1 is 1.40 bits per heavy atom. The van der Waals surface area contributed by atoms with Crippen LogP contribution in [0.25, 0.3) is 0 Å². The minimum Gasteiger partial charge on any atom is -0.463 e. The summed E-state index contributed by atoms with van der Waals surface area (Å²) < 4.78 is 5.24. The number of nitrogens with zero attached hydrogens (tertiary/aromatic N) is 3. The molecule has 15 heavy (non-hydrogen) atoms. The van der Waals surface area contributed by atoms with Crippen molar-refractivity contribution in [3.63, 3.8) is 0 Å². The van der Waals surface area contributed by atoms with E-state index in [1.54, 1.807) is 0 Å². The fourth-order valence-electron chi connectivity index (χ4n) is 0.812. The maximum absolute atomic E-state index is 8.65. The smallest absolute Gasteiger partial charge is 0.322 e. The summed E-state index contributed by atoms with van der Waals surface area (Å²) in [6.07, 6.45) is 0.880. The molecule has 1 rings (SSSR count). The monoisotopic (exact) mass is 230 g/mol. The number of nitrogen functional groups attached to an aromatic ring is 1. The van der Waals surface area contributed by atoms with Crippen molar-refractivity contribution in [2.24, 2.45) is 0 Å². The molecule has 3 N–H and O–H groups in total. The van der Waals surface area contributed by atoms with Crippen LogP contribution >= 0.6 is 11.8 Å². The first kappa shape index (κ1) is 12.0. The zero-order valence-corrected chi connectivity index (χ0v) is 9.33. The first-order valence-electron chi connectivity index (χ1n) is 4.64. The molecule has 0 bridgehead atoms. The van der Waals surface area contributed by atoms with Gasteiger partial charge in [0.2, 0.25) is 5.95 Å². The van der Waals surface area contributed by atoms with Gasteiger partial charge in [0.25, 0.3) is 0 Å². The number of aliphatic hydroxyl groups is 1. The van der Waals surface area contributed by atoms with Gasteiger partial charge < -0.3 is 15.6 Å². The molecule has 0 saturated carbocycles. The van der Waals surface area contributed by atoms with E-state index in [0.717, 1.165) is 6.42 Å². The third kappa shape index (κ3) is 4.30. The summed E-state index contributed by atoms with van der Waals surface area (Å²) in [6.45, 7) is 2.61. The van der Waals surface area contributed by atoms with Gasteiger partial charge in [0, 0.05) is 5.75 Å². The first-order valence-corrected chi connectivity index (χ1v) is 5.62. The van der Waals surface area contributed by atoms with Crippen LogP contribution < -0.4 is 10.5 Å². The number of anilines is 1. The topological polar surface area (TPSA) is 94.2 Å². The first-order chi connectivity index (χ1) is 7.26. The average molecular weight is 230 g/mol. The number of hydrogen-bond acceptors (Lipinski definition) is 7. The van der Waals surface area contributed by atoms with Gasteiger partial charge in [-0.25, -0.2) is 0 Å². The van der Waals surface area contributed by atoms with Gasteiger partial charge in [0.1, 0.15) is 0 Å². The van der Waals surface area contributed by atoms with Crippen LogP contribution in [0.2, 0.25) is 0 Å². The minimum atomic E-state index is 0.0708. The minimum absolute atomic E-state index is 0.0708. The number of aliphatic hydroxyl groups excluding tert-OH is 1. The average Bonchev–Trinajstić information content (AvgIpc) is 2.23. The highest BCUT2D eigenvalue weighted by molar-refractivity contribution is 7.99. The molecule has 1 aromatic rings. The second-order valence-corrected chi connectivity index (χ2v) is 3.74. The normalized spacial score (nSPS) is 10.3. The van der Waals surface area contributed by atoms with Gasteiger partial charge in [-0.2, -0.15) is 15.0 Å². The molecule has 1 aromatic heterocycles. The molecule has 0 unspecified atom stereocenters. The molecule has 0 saturated heterocycles. The number of hydrogen-bond donors (Lipinski definition) is 2. The zero-order valence-electron chi connectivity index (χ0n) is 8.51. The highest BCUT2D eigenvalue weighted by atomic mass is 32.2. The number of ether oxygens (including phenoxy) is 1. The Kier molecular flexibility index (Phi) is 5.13.